The number of esters is 1. The minimum atomic E-state index is -1.72. The van der Waals surface area contributed by atoms with Gasteiger partial charge >= 0.3 is 5.97 Å². The first-order chi connectivity index (χ1) is 15.1. The number of hydrogen-bond donors (Lipinski definition) is 0. The molecule has 0 saturated heterocycles. The molecule has 188 valence electrons. The van der Waals surface area contributed by atoms with Gasteiger partial charge in [0.1, 0.15) is 6.10 Å². The van der Waals surface area contributed by atoms with E-state index in [9.17, 15) is 4.79 Å². The van der Waals surface area contributed by atoms with E-state index in [0.717, 1.165) is 19.3 Å². The Balaban J connectivity index is 1.69. The Kier molecular flexibility index (Phi) is 6.68. The van der Waals surface area contributed by atoms with Gasteiger partial charge in [-0.1, -0.05) is 25.5 Å². The van der Waals surface area contributed by atoms with Crippen LogP contribution in [-0.2, 0) is 18.4 Å². The average molecular weight is 493 g/mol. The minimum Gasteiger partial charge on any atom is -0.462 e. The highest BCUT2D eigenvalue weighted by Crippen LogP contribution is 2.66. The first-order valence-corrected chi connectivity index (χ1v) is 20.2. The molecule has 0 amide bonds. The van der Waals surface area contributed by atoms with Crippen molar-refractivity contribution in [2.45, 2.75) is 123 Å². The van der Waals surface area contributed by atoms with Gasteiger partial charge in [0.2, 0.25) is 0 Å². The van der Waals surface area contributed by atoms with Gasteiger partial charge in [-0.15, -0.1) is 0 Å². The Labute approximate surface area is 204 Å². The molecule has 8 atom stereocenters. The summed E-state index contributed by atoms with van der Waals surface area (Å²) >= 11 is 0. The lowest BCUT2D eigenvalue weighted by Gasteiger charge is -2.60. The molecule has 4 rings (SSSR count). The average Bonchev–Trinajstić information content (AvgIpc) is 2.96. The summed E-state index contributed by atoms with van der Waals surface area (Å²) in [6, 6.07) is 0. The van der Waals surface area contributed by atoms with Gasteiger partial charge in [0.05, 0.1) is 12.2 Å². The summed E-state index contributed by atoms with van der Waals surface area (Å²) in [5, 5.41) is 0. The molecule has 0 aromatic heterocycles. The van der Waals surface area contributed by atoms with E-state index in [4.69, 9.17) is 13.6 Å². The Bertz CT molecular complexity index is 797. The molecular formula is C27H48O4Si2. The number of fused-ring (bicyclic) bond motifs is 5. The van der Waals surface area contributed by atoms with Gasteiger partial charge in [-0.2, -0.15) is 0 Å². The first-order valence-electron chi connectivity index (χ1n) is 13.4. The third-order valence-electron chi connectivity index (χ3n) is 9.29. The highest BCUT2D eigenvalue weighted by Gasteiger charge is 2.62. The molecule has 0 bridgehead atoms. The third kappa shape index (κ3) is 4.96. The molecule has 4 aliphatic carbocycles. The lowest BCUT2D eigenvalue weighted by atomic mass is 9.47. The molecule has 6 heteroatoms. The topological polar surface area (TPSA) is 44.8 Å². The lowest BCUT2D eigenvalue weighted by molar-refractivity contribution is -0.149. The van der Waals surface area contributed by atoms with Crippen molar-refractivity contribution in [1.29, 1.82) is 0 Å². The molecule has 4 aliphatic rings. The van der Waals surface area contributed by atoms with Crippen LogP contribution < -0.4 is 0 Å². The number of ether oxygens (including phenoxy) is 1. The predicted octanol–water partition coefficient (Wildman–Crippen LogP) is 6.93. The van der Waals surface area contributed by atoms with Crippen LogP contribution in [0.3, 0.4) is 0 Å². The molecule has 3 fully saturated rings. The molecule has 0 aromatic rings. The minimum absolute atomic E-state index is 0.0285. The second-order valence-electron chi connectivity index (χ2n) is 13.9. The van der Waals surface area contributed by atoms with Crippen LogP contribution in [0.5, 0.6) is 0 Å². The van der Waals surface area contributed by atoms with Crippen molar-refractivity contribution < 1.29 is 18.4 Å². The third-order valence-corrected chi connectivity index (χ3v) is 11.3. The van der Waals surface area contributed by atoms with Crippen molar-refractivity contribution in [1.82, 2.24) is 0 Å². The van der Waals surface area contributed by atoms with E-state index in [1.54, 1.807) is 0 Å². The maximum absolute atomic E-state index is 11.7. The van der Waals surface area contributed by atoms with Crippen LogP contribution in [0.15, 0.2) is 11.6 Å². The number of carbonyl (C=O) groups excluding carboxylic acids is 1. The van der Waals surface area contributed by atoms with Crippen molar-refractivity contribution in [2.24, 2.45) is 28.6 Å². The van der Waals surface area contributed by atoms with Gasteiger partial charge in [0.15, 0.2) is 16.6 Å². The fourth-order valence-corrected chi connectivity index (χ4v) is 10.3. The molecule has 0 spiro atoms. The SMILES string of the molecule is CC(=O)OC1CC[C@@]2(C)C(=CC(O[Si](C)(C)C)[C@@H]3[C@H]2CC[C@]2(C)C(O[Si](C)(C)C)CC[C@@H]32)C1. The van der Waals surface area contributed by atoms with Crippen molar-refractivity contribution in [3.8, 4) is 0 Å². The fraction of sp³-hybridized carbons (Fsp3) is 0.889. The van der Waals surface area contributed by atoms with Gasteiger partial charge in [-0.25, -0.2) is 0 Å². The zero-order valence-electron chi connectivity index (χ0n) is 22.6. The monoisotopic (exact) mass is 492 g/mol. The zero-order valence-corrected chi connectivity index (χ0v) is 24.6. The zero-order chi connectivity index (χ0) is 24.4. The second-order valence-corrected chi connectivity index (χ2v) is 22.8. The Morgan fingerprint density at radius 3 is 2.18 bits per heavy atom. The second kappa shape index (κ2) is 8.60. The van der Waals surface area contributed by atoms with Crippen LogP contribution in [0.4, 0.5) is 0 Å². The summed E-state index contributed by atoms with van der Waals surface area (Å²) in [6.45, 7) is 20.6. The molecule has 0 N–H and O–H groups in total. The van der Waals surface area contributed by atoms with E-state index in [-0.39, 0.29) is 29.0 Å². The number of carbonyl (C=O) groups is 1. The van der Waals surface area contributed by atoms with Crippen LogP contribution in [0.2, 0.25) is 39.3 Å². The molecule has 3 unspecified atom stereocenters. The van der Waals surface area contributed by atoms with Gasteiger partial charge in [-0.3, -0.25) is 4.79 Å². The normalized spacial score (nSPS) is 43.2. The van der Waals surface area contributed by atoms with Gasteiger partial charge < -0.3 is 13.6 Å². The van der Waals surface area contributed by atoms with E-state index >= 15 is 0 Å². The molecule has 0 aliphatic heterocycles. The van der Waals surface area contributed by atoms with E-state index in [1.807, 2.05) is 0 Å². The van der Waals surface area contributed by atoms with E-state index in [0.29, 0.717) is 23.9 Å². The van der Waals surface area contributed by atoms with E-state index in [2.05, 4.69) is 59.2 Å². The number of hydrogen-bond acceptors (Lipinski definition) is 4. The van der Waals surface area contributed by atoms with E-state index < -0.39 is 16.6 Å². The largest absolute Gasteiger partial charge is 0.462 e. The molecule has 33 heavy (non-hydrogen) atoms. The van der Waals surface area contributed by atoms with Crippen LogP contribution in [0.1, 0.15) is 65.7 Å². The summed E-state index contributed by atoms with van der Waals surface area (Å²) in [5.41, 5.74) is 1.97. The van der Waals surface area contributed by atoms with Crippen LogP contribution in [0, 0.1) is 28.6 Å². The van der Waals surface area contributed by atoms with E-state index in [1.165, 1.54) is 38.2 Å². The summed E-state index contributed by atoms with van der Waals surface area (Å²) < 4.78 is 19.5. The quantitative estimate of drug-likeness (QED) is 0.237. The molecule has 0 radical (unpaired) electrons. The molecule has 3 saturated carbocycles. The summed E-state index contributed by atoms with van der Waals surface area (Å²) in [5.74, 6) is 1.74. The van der Waals surface area contributed by atoms with Gasteiger partial charge in [0.25, 0.3) is 0 Å². The maximum Gasteiger partial charge on any atom is 0.302 e. The molecule has 0 heterocycles. The Morgan fingerprint density at radius 1 is 0.909 bits per heavy atom. The fourth-order valence-electron chi connectivity index (χ4n) is 8.02. The van der Waals surface area contributed by atoms with Crippen LogP contribution >= 0.6 is 0 Å². The molecule has 0 aromatic carbocycles. The highest BCUT2D eigenvalue weighted by atomic mass is 28.4. The molecule has 4 nitrogen and oxygen atoms in total. The van der Waals surface area contributed by atoms with Crippen molar-refractivity contribution in [3.05, 3.63) is 11.6 Å². The summed E-state index contributed by atoms with van der Waals surface area (Å²) in [7, 11) is -3.31. The maximum atomic E-state index is 11.7. The van der Waals surface area contributed by atoms with Crippen molar-refractivity contribution >= 4 is 22.6 Å². The van der Waals surface area contributed by atoms with Crippen molar-refractivity contribution in [3.63, 3.8) is 0 Å². The molecular weight excluding hydrogens is 444 g/mol. The standard InChI is InChI=1S/C27H48O4Si2/c1-18(28)29-20-12-14-26(2)19(16-20)17-23(30-32(4,5)6)25-21-10-11-24(31-33(7,8)9)27(21,3)15-13-22(25)26/h17,20-25H,10-16H2,1-9H3/t20?,21-,22+,23?,24?,25-,26-,27-/m0/s1. The van der Waals surface area contributed by atoms with Crippen LogP contribution in [-0.4, -0.2) is 40.9 Å². The summed E-state index contributed by atoms with van der Waals surface area (Å²) in [6.07, 6.45) is 11.1. The van der Waals surface area contributed by atoms with Gasteiger partial charge in [0, 0.05) is 13.3 Å². The van der Waals surface area contributed by atoms with Gasteiger partial charge in [-0.05, 0) is 106 Å². The lowest BCUT2D eigenvalue weighted by Crippen LogP contribution is -2.57. The smallest absolute Gasteiger partial charge is 0.302 e. The highest BCUT2D eigenvalue weighted by molar-refractivity contribution is 6.70. The van der Waals surface area contributed by atoms with Crippen LogP contribution in [0.25, 0.3) is 0 Å². The number of rotatable bonds is 5. The Morgan fingerprint density at radius 2 is 1.58 bits per heavy atom. The Hall–Kier alpha value is -0.436. The summed E-state index contributed by atoms with van der Waals surface area (Å²) in [4.78, 5) is 11.7. The predicted molar refractivity (Wildman–Crippen MR) is 139 cm³/mol. The van der Waals surface area contributed by atoms with Crippen molar-refractivity contribution in [2.75, 3.05) is 0 Å². The first kappa shape index (κ1) is 25.7.